The van der Waals surface area contributed by atoms with Crippen LogP contribution < -0.4 is 11.1 Å². The SMILES string of the molecule is CC(C)(CCNCc1ccncn1)/C(N)=N/O. The zero-order chi connectivity index (χ0) is 12.7. The Morgan fingerprint density at radius 1 is 1.59 bits per heavy atom. The third-order valence-corrected chi connectivity index (χ3v) is 2.68. The third kappa shape index (κ3) is 4.36. The van der Waals surface area contributed by atoms with Crippen molar-refractivity contribution >= 4 is 5.84 Å². The quantitative estimate of drug-likeness (QED) is 0.223. The summed E-state index contributed by atoms with van der Waals surface area (Å²) in [4.78, 5) is 7.95. The lowest BCUT2D eigenvalue weighted by Gasteiger charge is -2.22. The van der Waals surface area contributed by atoms with Gasteiger partial charge in [-0.15, -0.1) is 0 Å². The molecule has 0 unspecified atom stereocenters. The van der Waals surface area contributed by atoms with Crippen molar-refractivity contribution in [3.05, 3.63) is 24.3 Å². The van der Waals surface area contributed by atoms with E-state index in [-0.39, 0.29) is 11.3 Å². The van der Waals surface area contributed by atoms with Crippen LogP contribution in [0.5, 0.6) is 0 Å². The standard InChI is InChI=1S/C11H19N5O/c1-11(2,10(12)16-17)4-6-13-7-9-3-5-14-8-15-9/h3,5,8,13,17H,4,6-7H2,1-2H3,(H2,12,16). The highest BCUT2D eigenvalue weighted by molar-refractivity contribution is 5.85. The number of hydrogen-bond donors (Lipinski definition) is 3. The molecule has 0 aromatic carbocycles. The summed E-state index contributed by atoms with van der Waals surface area (Å²) in [7, 11) is 0. The maximum atomic E-state index is 8.63. The van der Waals surface area contributed by atoms with Crippen molar-refractivity contribution in [3.63, 3.8) is 0 Å². The third-order valence-electron chi connectivity index (χ3n) is 2.68. The van der Waals surface area contributed by atoms with Crippen LogP contribution in [0.15, 0.2) is 23.7 Å². The van der Waals surface area contributed by atoms with E-state index in [1.54, 1.807) is 6.20 Å². The molecule has 6 nitrogen and oxygen atoms in total. The van der Waals surface area contributed by atoms with E-state index in [0.29, 0.717) is 6.54 Å². The van der Waals surface area contributed by atoms with Gasteiger partial charge in [0.25, 0.3) is 0 Å². The zero-order valence-corrected chi connectivity index (χ0v) is 10.2. The molecular weight excluding hydrogens is 218 g/mol. The summed E-state index contributed by atoms with van der Waals surface area (Å²) in [5, 5.41) is 14.9. The minimum Gasteiger partial charge on any atom is -0.409 e. The van der Waals surface area contributed by atoms with Crippen molar-refractivity contribution in [1.29, 1.82) is 0 Å². The van der Waals surface area contributed by atoms with Gasteiger partial charge in [0, 0.05) is 18.2 Å². The number of nitrogens with zero attached hydrogens (tertiary/aromatic N) is 3. The number of hydrogen-bond acceptors (Lipinski definition) is 5. The van der Waals surface area contributed by atoms with Crippen molar-refractivity contribution in [2.24, 2.45) is 16.3 Å². The van der Waals surface area contributed by atoms with Gasteiger partial charge in [0.1, 0.15) is 12.2 Å². The first-order chi connectivity index (χ1) is 8.06. The summed E-state index contributed by atoms with van der Waals surface area (Å²) in [5.41, 5.74) is 6.23. The van der Waals surface area contributed by atoms with Gasteiger partial charge in [-0.05, 0) is 19.0 Å². The highest BCUT2D eigenvalue weighted by atomic mass is 16.4. The molecule has 0 aliphatic rings. The lowest BCUT2D eigenvalue weighted by atomic mass is 9.88. The molecule has 6 heteroatoms. The highest BCUT2D eigenvalue weighted by Crippen LogP contribution is 2.19. The Morgan fingerprint density at radius 3 is 2.94 bits per heavy atom. The summed E-state index contributed by atoms with van der Waals surface area (Å²) in [5.74, 6) is 0.251. The molecule has 1 rings (SSSR count). The molecule has 0 bridgehead atoms. The van der Waals surface area contributed by atoms with Gasteiger partial charge >= 0.3 is 0 Å². The van der Waals surface area contributed by atoms with E-state index in [1.165, 1.54) is 6.33 Å². The van der Waals surface area contributed by atoms with Crippen LogP contribution in [0.2, 0.25) is 0 Å². The van der Waals surface area contributed by atoms with Crippen molar-refractivity contribution in [2.75, 3.05) is 6.54 Å². The highest BCUT2D eigenvalue weighted by Gasteiger charge is 2.22. The first-order valence-electron chi connectivity index (χ1n) is 5.50. The molecule has 94 valence electrons. The van der Waals surface area contributed by atoms with Crippen LogP contribution in [0, 0.1) is 5.41 Å². The number of aromatic nitrogens is 2. The van der Waals surface area contributed by atoms with Crippen LogP contribution in [0.4, 0.5) is 0 Å². The second kappa shape index (κ2) is 6.15. The van der Waals surface area contributed by atoms with Crippen LogP contribution in [-0.4, -0.2) is 27.6 Å². The number of nitrogens with one attached hydrogen (secondary N) is 1. The number of amidine groups is 1. The maximum Gasteiger partial charge on any atom is 0.144 e. The van der Waals surface area contributed by atoms with Crippen molar-refractivity contribution in [2.45, 2.75) is 26.8 Å². The fraction of sp³-hybridized carbons (Fsp3) is 0.545. The first kappa shape index (κ1) is 13.4. The lowest BCUT2D eigenvalue weighted by molar-refractivity contribution is 0.305. The van der Waals surface area contributed by atoms with Crippen LogP contribution >= 0.6 is 0 Å². The number of oxime groups is 1. The Labute approximate surface area is 101 Å². The van der Waals surface area contributed by atoms with Gasteiger partial charge in [0.15, 0.2) is 0 Å². The molecular formula is C11H19N5O. The Balaban J connectivity index is 2.29. The van der Waals surface area contributed by atoms with Crippen LogP contribution in [0.25, 0.3) is 0 Å². The summed E-state index contributed by atoms with van der Waals surface area (Å²) >= 11 is 0. The van der Waals surface area contributed by atoms with E-state index < -0.39 is 0 Å². The zero-order valence-electron chi connectivity index (χ0n) is 10.2. The molecule has 0 spiro atoms. The molecule has 4 N–H and O–H groups in total. The Morgan fingerprint density at radius 2 is 2.35 bits per heavy atom. The first-order valence-corrected chi connectivity index (χ1v) is 5.50. The minimum atomic E-state index is -0.312. The fourth-order valence-corrected chi connectivity index (χ4v) is 1.30. The van der Waals surface area contributed by atoms with Crippen LogP contribution in [-0.2, 0) is 6.54 Å². The largest absolute Gasteiger partial charge is 0.409 e. The molecule has 17 heavy (non-hydrogen) atoms. The van der Waals surface area contributed by atoms with Crippen LogP contribution in [0.3, 0.4) is 0 Å². The second-order valence-electron chi connectivity index (χ2n) is 4.50. The van der Waals surface area contributed by atoms with Crippen molar-refractivity contribution in [1.82, 2.24) is 15.3 Å². The maximum absolute atomic E-state index is 8.63. The Kier molecular flexibility index (Phi) is 4.84. The monoisotopic (exact) mass is 237 g/mol. The predicted molar refractivity (Wildman–Crippen MR) is 65.5 cm³/mol. The molecule has 0 saturated heterocycles. The van der Waals surface area contributed by atoms with E-state index in [9.17, 15) is 0 Å². The average Bonchev–Trinajstić information content (AvgIpc) is 2.35. The Bertz CT molecular complexity index is 363. The second-order valence-corrected chi connectivity index (χ2v) is 4.50. The molecule has 0 saturated carbocycles. The summed E-state index contributed by atoms with van der Waals surface area (Å²) < 4.78 is 0. The number of nitrogens with two attached hydrogens (primary N) is 1. The van der Waals surface area contributed by atoms with E-state index in [4.69, 9.17) is 10.9 Å². The summed E-state index contributed by atoms with van der Waals surface area (Å²) in [6.07, 6.45) is 4.02. The van der Waals surface area contributed by atoms with Crippen LogP contribution in [0.1, 0.15) is 26.0 Å². The summed E-state index contributed by atoms with van der Waals surface area (Å²) in [6, 6.07) is 1.86. The molecule has 0 fully saturated rings. The molecule has 1 aromatic rings. The molecule has 0 aliphatic heterocycles. The smallest absolute Gasteiger partial charge is 0.144 e. The van der Waals surface area contributed by atoms with E-state index >= 15 is 0 Å². The van der Waals surface area contributed by atoms with Gasteiger partial charge < -0.3 is 16.3 Å². The topological polar surface area (TPSA) is 96.4 Å². The number of rotatable bonds is 6. The van der Waals surface area contributed by atoms with Gasteiger partial charge in [-0.3, -0.25) is 0 Å². The normalized spacial score (nSPS) is 12.7. The fourth-order valence-electron chi connectivity index (χ4n) is 1.30. The van der Waals surface area contributed by atoms with E-state index in [2.05, 4.69) is 20.4 Å². The van der Waals surface area contributed by atoms with Gasteiger partial charge in [-0.25, -0.2) is 9.97 Å². The van der Waals surface area contributed by atoms with E-state index in [1.807, 2.05) is 19.9 Å². The average molecular weight is 237 g/mol. The summed E-state index contributed by atoms with van der Waals surface area (Å²) in [6.45, 7) is 5.34. The van der Waals surface area contributed by atoms with E-state index in [0.717, 1.165) is 18.7 Å². The Hall–Kier alpha value is -1.69. The molecule has 0 atom stereocenters. The molecule has 0 aliphatic carbocycles. The lowest BCUT2D eigenvalue weighted by Crippen LogP contribution is -2.34. The molecule has 0 amide bonds. The minimum absolute atomic E-state index is 0.251. The van der Waals surface area contributed by atoms with Crippen molar-refractivity contribution < 1.29 is 5.21 Å². The van der Waals surface area contributed by atoms with Gasteiger partial charge in [-0.2, -0.15) is 0 Å². The van der Waals surface area contributed by atoms with Crippen molar-refractivity contribution in [3.8, 4) is 0 Å². The van der Waals surface area contributed by atoms with Gasteiger partial charge in [0.2, 0.25) is 0 Å². The molecule has 1 aromatic heterocycles. The van der Waals surface area contributed by atoms with Gasteiger partial charge in [0.05, 0.1) is 5.69 Å². The molecule has 1 heterocycles. The predicted octanol–water partition coefficient (Wildman–Crippen LogP) is 0.729. The van der Waals surface area contributed by atoms with Gasteiger partial charge in [-0.1, -0.05) is 19.0 Å². The molecule has 0 radical (unpaired) electrons.